The molecule has 14 heavy (non-hydrogen) atoms. The van der Waals surface area contributed by atoms with E-state index < -0.39 is 0 Å². The molecule has 0 aliphatic heterocycles. The highest BCUT2D eigenvalue weighted by Gasteiger charge is 2.20. The van der Waals surface area contributed by atoms with Gasteiger partial charge in [-0.15, -0.1) is 0 Å². The maximum absolute atomic E-state index is 11.9. The molecule has 0 saturated heterocycles. The van der Waals surface area contributed by atoms with Gasteiger partial charge in [0.2, 0.25) is 0 Å². The van der Waals surface area contributed by atoms with Gasteiger partial charge < -0.3 is 0 Å². The lowest BCUT2D eigenvalue weighted by atomic mass is 10.0. The SMILES string of the molecule is O=C(C1=C(Cl)CCC1)c1ccccc1. The van der Waals surface area contributed by atoms with Crippen molar-refractivity contribution >= 4 is 17.4 Å². The third-order valence-corrected chi connectivity index (χ3v) is 2.88. The molecule has 0 spiro atoms. The summed E-state index contributed by atoms with van der Waals surface area (Å²) in [6.07, 6.45) is 2.69. The molecule has 2 heteroatoms. The molecule has 1 aliphatic rings. The standard InChI is InChI=1S/C12H11ClO/c13-11-8-4-7-10(11)12(14)9-5-2-1-3-6-9/h1-3,5-6H,4,7-8H2. The number of allylic oxidation sites excluding steroid dienone is 2. The van der Waals surface area contributed by atoms with Crippen molar-refractivity contribution in [3.05, 3.63) is 46.5 Å². The zero-order valence-electron chi connectivity index (χ0n) is 7.79. The fourth-order valence-electron chi connectivity index (χ4n) is 1.71. The van der Waals surface area contributed by atoms with E-state index in [1.807, 2.05) is 30.3 Å². The third-order valence-electron chi connectivity index (χ3n) is 2.46. The first-order valence-electron chi connectivity index (χ1n) is 4.76. The van der Waals surface area contributed by atoms with Crippen LogP contribution in [0.2, 0.25) is 0 Å². The van der Waals surface area contributed by atoms with Crippen LogP contribution in [0.1, 0.15) is 29.6 Å². The van der Waals surface area contributed by atoms with Crippen LogP contribution in [0.3, 0.4) is 0 Å². The molecule has 0 bridgehead atoms. The van der Waals surface area contributed by atoms with E-state index in [0.29, 0.717) is 0 Å². The Morgan fingerprint density at radius 3 is 2.43 bits per heavy atom. The van der Waals surface area contributed by atoms with Crippen molar-refractivity contribution in [2.75, 3.05) is 0 Å². The van der Waals surface area contributed by atoms with Gasteiger partial charge in [0.1, 0.15) is 0 Å². The number of carbonyl (C=O) groups excluding carboxylic acids is 1. The molecule has 1 aromatic rings. The van der Waals surface area contributed by atoms with Crippen LogP contribution in [0.15, 0.2) is 40.9 Å². The van der Waals surface area contributed by atoms with E-state index in [1.54, 1.807) is 0 Å². The Balaban J connectivity index is 2.29. The number of hydrogen-bond donors (Lipinski definition) is 0. The Kier molecular flexibility index (Phi) is 2.69. The van der Waals surface area contributed by atoms with E-state index >= 15 is 0 Å². The highest BCUT2D eigenvalue weighted by molar-refractivity contribution is 6.33. The van der Waals surface area contributed by atoms with Crippen molar-refractivity contribution in [1.29, 1.82) is 0 Å². The zero-order chi connectivity index (χ0) is 9.97. The number of hydrogen-bond acceptors (Lipinski definition) is 1. The summed E-state index contributed by atoms with van der Waals surface area (Å²) in [5, 5.41) is 0.749. The average Bonchev–Trinajstić information content (AvgIpc) is 2.65. The van der Waals surface area contributed by atoms with E-state index in [-0.39, 0.29) is 5.78 Å². The molecule has 1 aromatic carbocycles. The van der Waals surface area contributed by atoms with Crippen LogP contribution < -0.4 is 0 Å². The third kappa shape index (κ3) is 1.73. The van der Waals surface area contributed by atoms with Crippen molar-refractivity contribution in [2.45, 2.75) is 19.3 Å². The fraction of sp³-hybridized carbons (Fsp3) is 0.250. The van der Waals surface area contributed by atoms with Crippen molar-refractivity contribution in [3.63, 3.8) is 0 Å². The average molecular weight is 207 g/mol. The summed E-state index contributed by atoms with van der Waals surface area (Å²) < 4.78 is 0. The summed E-state index contributed by atoms with van der Waals surface area (Å²) in [7, 11) is 0. The maximum Gasteiger partial charge on any atom is 0.190 e. The number of carbonyl (C=O) groups is 1. The lowest BCUT2D eigenvalue weighted by Gasteiger charge is -2.01. The summed E-state index contributed by atoms with van der Waals surface area (Å²) in [6.45, 7) is 0. The first-order chi connectivity index (χ1) is 6.79. The Labute approximate surface area is 88.4 Å². The quantitative estimate of drug-likeness (QED) is 0.677. The molecule has 0 saturated carbocycles. The molecule has 0 fully saturated rings. The second kappa shape index (κ2) is 3.97. The van der Waals surface area contributed by atoms with Crippen molar-refractivity contribution in [3.8, 4) is 0 Å². The number of halogens is 1. The Morgan fingerprint density at radius 2 is 1.86 bits per heavy atom. The van der Waals surface area contributed by atoms with Gasteiger partial charge in [0.25, 0.3) is 0 Å². The van der Waals surface area contributed by atoms with Crippen LogP contribution >= 0.6 is 11.6 Å². The van der Waals surface area contributed by atoms with Crippen LogP contribution in [-0.2, 0) is 0 Å². The van der Waals surface area contributed by atoms with Gasteiger partial charge in [0.15, 0.2) is 5.78 Å². The summed E-state index contributed by atoms with van der Waals surface area (Å²) in [5.74, 6) is 0.0908. The predicted octanol–water partition coefficient (Wildman–Crippen LogP) is 3.55. The Bertz CT molecular complexity index is 379. The van der Waals surface area contributed by atoms with Crippen LogP contribution in [-0.4, -0.2) is 5.78 Å². The van der Waals surface area contributed by atoms with E-state index in [4.69, 9.17) is 11.6 Å². The van der Waals surface area contributed by atoms with Gasteiger partial charge in [-0.05, 0) is 19.3 Å². The molecule has 0 heterocycles. The second-order valence-electron chi connectivity index (χ2n) is 3.43. The first kappa shape index (κ1) is 9.47. The highest BCUT2D eigenvalue weighted by Crippen LogP contribution is 2.30. The van der Waals surface area contributed by atoms with E-state index in [2.05, 4.69) is 0 Å². The van der Waals surface area contributed by atoms with E-state index in [1.165, 1.54) is 0 Å². The molecule has 1 aliphatic carbocycles. The summed E-state index contributed by atoms with van der Waals surface area (Å²) in [5.41, 5.74) is 1.54. The van der Waals surface area contributed by atoms with Crippen LogP contribution in [0.5, 0.6) is 0 Å². The Morgan fingerprint density at radius 1 is 1.14 bits per heavy atom. The van der Waals surface area contributed by atoms with E-state index in [0.717, 1.165) is 35.4 Å². The summed E-state index contributed by atoms with van der Waals surface area (Å²) >= 11 is 5.98. The number of Topliss-reactive ketones (excluding diaryl/α,β-unsaturated/α-hetero) is 1. The van der Waals surface area contributed by atoms with Gasteiger partial charge in [-0.2, -0.15) is 0 Å². The largest absolute Gasteiger partial charge is 0.289 e. The number of ketones is 1. The van der Waals surface area contributed by atoms with Gasteiger partial charge in [-0.3, -0.25) is 4.79 Å². The van der Waals surface area contributed by atoms with Gasteiger partial charge in [0, 0.05) is 16.2 Å². The molecular formula is C12H11ClO. The van der Waals surface area contributed by atoms with Crippen LogP contribution in [0.25, 0.3) is 0 Å². The van der Waals surface area contributed by atoms with Crippen molar-refractivity contribution in [1.82, 2.24) is 0 Å². The highest BCUT2D eigenvalue weighted by atomic mass is 35.5. The molecule has 0 atom stereocenters. The van der Waals surface area contributed by atoms with Crippen LogP contribution in [0.4, 0.5) is 0 Å². The molecule has 1 nitrogen and oxygen atoms in total. The van der Waals surface area contributed by atoms with Gasteiger partial charge in [-0.1, -0.05) is 41.9 Å². The predicted molar refractivity (Wildman–Crippen MR) is 57.5 cm³/mol. The Hall–Kier alpha value is -1.08. The van der Waals surface area contributed by atoms with Crippen molar-refractivity contribution < 1.29 is 4.79 Å². The minimum absolute atomic E-state index is 0.0908. The summed E-state index contributed by atoms with van der Waals surface area (Å²) in [6, 6.07) is 9.31. The van der Waals surface area contributed by atoms with Gasteiger partial charge in [0.05, 0.1) is 0 Å². The van der Waals surface area contributed by atoms with Gasteiger partial charge >= 0.3 is 0 Å². The summed E-state index contributed by atoms with van der Waals surface area (Å²) in [4.78, 5) is 11.9. The number of rotatable bonds is 2. The van der Waals surface area contributed by atoms with E-state index in [9.17, 15) is 4.79 Å². The minimum atomic E-state index is 0.0908. The normalized spacial score (nSPS) is 16.1. The smallest absolute Gasteiger partial charge is 0.190 e. The lowest BCUT2D eigenvalue weighted by molar-refractivity contribution is 0.103. The topological polar surface area (TPSA) is 17.1 Å². The molecule has 0 unspecified atom stereocenters. The fourth-order valence-corrected chi connectivity index (χ4v) is 2.02. The first-order valence-corrected chi connectivity index (χ1v) is 5.14. The molecular weight excluding hydrogens is 196 g/mol. The van der Waals surface area contributed by atoms with Crippen molar-refractivity contribution in [2.24, 2.45) is 0 Å². The molecule has 0 amide bonds. The lowest BCUT2D eigenvalue weighted by Crippen LogP contribution is -2.01. The maximum atomic E-state index is 11.9. The molecule has 0 radical (unpaired) electrons. The second-order valence-corrected chi connectivity index (χ2v) is 3.89. The monoisotopic (exact) mass is 206 g/mol. The van der Waals surface area contributed by atoms with Gasteiger partial charge in [-0.25, -0.2) is 0 Å². The van der Waals surface area contributed by atoms with Crippen LogP contribution in [0, 0.1) is 0 Å². The number of benzene rings is 1. The molecule has 0 aromatic heterocycles. The molecule has 0 N–H and O–H groups in total. The molecule has 72 valence electrons. The molecule has 2 rings (SSSR count). The zero-order valence-corrected chi connectivity index (χ0v) is 8.55. The minimum Gasteiger partial charge on any atom is -0.289 e.